The molecule has 0 radical (unpaired) electrons. The third-order valence-electron chi connectivity index (χ3n) is 3.41. The molecule has 1 aromatic carbocycles. The standard InChI is InChI=1S/C16H18N2O4S/c1-16(2,23)13(15(21)22)18-9-11(14(19)20)17-12(18)8-10-6-4-3-5-7-10/h3-7,9,13,23H,8H2,1-2H3,(H,19,20)(H,21,22). The third kappa shape index (κ3) is 3.92. The number of hydrogen-bond acceptors (Lipinski definition) is 4. The van der Waals surface area contributed by atoms with E-state index in [0.717, 1.165) is 5.56 Å². The van der Waals surface area contributed by atoms with Crippen molar-refractivity contribution >= 4 is 24.6 Å². The fraction of sp³-hybridized carbons (Fsp3) is 0.312. The second kappa shape index (κ2) is 6.45. The fourth-order valence-corrected chi connectivity index (χ4v) is 2.66. The first-order valence-electron chi connectivity index (χ1n) is 7.00. The van der Waals surface area contributed by atoms with Crippen LogP contribution >= 0.6 is 12.6 Å². The van der Waals surface area contributed by atoms with Gasteiger partial charge in [0.1, 0.15) is 11.9 Å². The summed E-state index contributed by atoms with van der Waals surface area (Å²) in [5.41, 5.74) is 0.733. The van der Waals surface area contributed by atoms with Crippen molar-refractivity contribution in [3.8, 4) is 0 Å². The normalized spacial score (nSPS) is 12.8. The van der Waals surface area contributed by atoms with Crippen molar-refractivity contribution in [3.05, 3.63) is 53.6 Å². The van der Waals surface area contributed by atoms with Gasteiger partial charge in [-0.1, -0.05) is 30.3 Å². The van der Waals surface area contributed by atoms with Gasteiger partial charge in [-0.2, -0.15) is 12.6 Å². The Morgan fingerprint density at radius 2 is 1.87 bits per heavy atom. The van der Waals surface area contributed by atoms with Crippen molar-refractivity contribution in [3.63, 3.8) is 0 Å². The van der Waals surface area contributed by atoms with Crippen molar-refractivity contribution in [2.75, 3.05) is 0 Å². The summed E-state index contributed by atoms with van der Waals surface area (Å²) in [6.45, 7) is 3.34. The van der Waals surface area contributed by atoms with Crippen LogP contribution in [-0.4, -0.2) is 36.4 Å². The van der Waals surface area contributed by atoms with E-state index in [9.17, 15) is 14.7 Å². The SMILES string of the molecule is CC(C)(S)C(C(=O)O)n1cc(C(=O)O)nc1Cc1ccccc1. The van der Waals surface area contributed by atoms with Crippen molar-refractivity contribution < 1.29 is 19.8 Å². The van der Waals surface area contributed by atoms with Crippen LogP contribution < -0.4 is 0 Å². The van der Waals surface area contributed by atoms with Crippen LogP contribution in [0.3, 0.4) is 0 Å². The van der Waals surface area contributed by atoms with E-state index in [1.165, 1.54) is 10.8 Å². The molecule has 1 aromatic heterocycles. The van der Waals surface area contributed by atoms with Crippen molar-refractivity contribution in [1.29, 1.82) is 0 Å². The molecule has 0 aliphatic heterocycles. The lowest BCUT2D eigenvalue weighted by molar-refractivity contribution is -0.141. The Bertz CT molecular complexity index is 719. The van der Waals surface area contributed by atoms with Gasteiger partial charge in [0.15, 0.2) is 5.69 Å². The first kappa shape index (κ1) is 17.1. The quantitative estimate of drug-likeness (QED) is 0.706. The zero-order valence-electron chi connectivity index (χ0n) is 12.8. The van der Waals surface area contributed by atoms with Crippen LogP contribution in [-0.2, 0) is 11.2 Å². The Balaban J connectivity index is 2.52. The number of imidazole rings is 1. The van der Waals surface area contributed by atoms with Gasteiger partial charge in [0.05, 0.1) is 0 Å². The number of benzene rings is 1. The molecule has 0 saturated carbocycles. The number of carbonyl (C=O) groups is 2. The van der Waals surface area contributed by atoms with Gasteiger partial charge in [-0.25, -0.2) is 14.6 Å². The molecule has 2 N–H and O–H groups in total. The first-order chi connectivity index (χ1) is 10.7. The maximum atomic E-state index is 11.7. The molecule has 1 unspecified atom stereocenters. The summed E-state index contributed by atoms with van der Waals surface area (Å²) in [4.78, 5) is 27.0. The Morgan fingerprint density at radius 1 is 1.26 bits per heavy atom. The van der Waals surface area contributed by atoms with Crippen molar-refractivity contribution in [2.45, 2.75) is 31.1 Å². The van der Waals surface area contributed by atoms with Gasteiger partial charge >= 0.3 is 11.9 Å². The molecule has 23 heavy (non-hydrogen) atoms. The molecule has 0 amide bonds. The maximum Gasteiger partial charge on any atom is 0.356 e. The molecule has 0 bridgehead atoms. The summed E-state index contributed by atoms with van der Waals surface area (Å²) in [7, 11) is 0. The molecule has 6 nitrogen and oxygen atoms in total. The smallest absolute Gasteiger partial charge is 0.356 e. The predicted molar refractivity (Wildman–Crippen MR) is 88.2 cm³/mol. The lowest BCUT2D eigenvalue weighted by Gasteiger charge is -2.28. The van der Waals surface area contributed by atoms with Gasteiger partial charge in [0, 0.05) is 17.4 Å². The van der Waals surface area contributed by atoms with Crippen LogP contribution in [0.4, 0.5) is 0 Å². The minimum atomic E-state index is -1.20. The van der Waals surface area contributed by atoms with E-state index < -0.39 is 22.7 Å². The molecular weight excluding hydrogens is 316 g/mol. The molecule has 0 fully saturated rings. The van der Waals surface area contributed by atoms with Crippen LogP contribution in [0, 0.1) is 0 Å². The summed E-state index contributed by atoms with van der Waals surface area (Å²) in [5, 5.41) is 18.7. The second-order valence-corrected chi connectivity index (χ2v) is 6.96. The first-order valence-corrected chi connectivity index (χ1v) is 7.45. The van der Waals surface area contributed by atoms with Crippen molar-refractivity contribution in [2.24, 2.45) is 0 Å². The average Bonchev–Trinajstić information content (AvgIpc) is 2.82. The lowest BCUT2D eigenvalue weighted by atomic mass is 10.0. The lowest BCUT2D eigenvalue weighted by Crippen LogP contribution is -2.35. The molecular formula is C16H18N2O4S. The zero-order valence-corrected chi connectivity index (χ0v) is 13.7. The molecule has 122 valence electrons. The van der Waals surface area contributed by atoms with E-state index in [0.29, 0.717) is 12.2 Å². The topological polar surface area (TPSA) is 92.4 Å². The molecule has 1 atom stereocenters. The highest BCUT2D eigenvalue weighted by molar-refractivity contribution is 7.81. The van der Waals surface area contributed by atoms with E-state index in [-0.39, 0.29) is 5.69 Å². The van der Waals surface area contributed by atoms with Gasteiger partial charge in [0.2, 0.25) is 0 Å². The van der Waals surface area contributed by atoms with Crippen LogP contribution in [0.1, 0.15) is 41.8 Å². The predicted octanol–water partition coefficient (Wildman–Crippen LogP) is 2.51. The minimum absolute atomic E-state index is 0.181. The third-order valence-corrected chi connectivity index (χ3v) is 3.66. The maximum absolute atomic E-state index is 11.7. The van der Waals surface area contributed by atoms with Crippen LogP contribution in [0.5, 0.6) is 0 Å². The number of carboxylic acids is 2. The molecule has 2 aromatic rings. The second-order valence-electron chi connectivity index (χ2n) is 5.81. The Hall–Kier alpha value is -2.28. The van der Waals surface area contributed by atoms with E-state index >= 15 is 0 Å². The molecule has 7 heteroatoms. The van der Waals surface area contributed by atoms with Gasteiger partial charge in [-0.3, -0.25) is 0 Å². The molecule has 2 rings (SSSR count). The van der Waals surface area contributed by atoms with Gasteiger partial charge in [-0.05, 0) is 19.4 Å². The highest BCUT2D eigenvalue weighted by atomic mass is 32.1. The van der Waals surface area contributed by atoms with Crippen LogP contribution in [0.15, 0.2) is 36.5 Å². The van der Waals surface area contributed by atoms with E-state index in [1.807, 2.05) is 30.3 Å². The summed E-state index contributed by atoms with van der Waals surface area (Å²) in [6.07, 6.45) is 1.60. The number of aliphatic carboxylic acids is 1. The Kier molecular flexibility index (Phi) is 4.79. The number of aromatic nitrogens is 2. The minimum Gasteiger partial charge on any atom is -0.480 e. The molecule has 0 spiro atoms. The molecule has 0 aliphatic rings. The van der Waals surface area contributed by atoms with Gasteiger partial charge in [-0.15, -0.1) is 0 Å². The molecule has 0 aliphatic carbocycles. The summed E-state index contributed by atoms with van der Waals surface area (Å²) in [5.74, 6) is -1.91. The number of hydrogen-bond donors (Lipinski definition) is 3. The van der Waals surface area contributed by atoms with Crippen LogP contribution in [0.2, 0.25) is 0 Å². The van der Waals surface area contributed by atoms with E-state index in [2.05, 4.69) is 17.6 Å². The Labute approximate surface area is 139 Å². The van der Waals surface area contributed by atoms with E-state index in [4.69, 9.17) is 5.11 Å². The van der Waals surface area contributed by atoms with Gasteiger partial charge in [0.25, 0.3) is 0 Å². The van der Waals surface area contributed by atoms with Gasteiger partial charge < -0.3 is 14.8 Å². The molecule has 0 saturated heterocycles. The largest absolute Gasteiger partial charge is 0.480 e. The average molecular weight is 334 g/mol. The number of rotatable bonds is 6. The highest BCUT2D eigenvalue weighted by Crippen LogP contribution is 2.31. The number of thiol groups is 1. The molecule has 1 heterocycles. The van der Waals surface area contributed by atoms with Crippen molar-refractivity contribution in [1.82, 2.24) is 9.55 Å². The zero-order chi connectivity index (χ0) is 17.2. The van der Waals surface area contributed by atoms with E-state index in [1.54, 1.807) is 13.8 Å². The monoisotopic (exact) mass is 334 g/mol. The highest BCUT2D eigenvalue weighted by Gasteiger charge is 2.36. The summed E-state index contributed by atoms with van der Waals surface area (Å²) >= 11 is 4.36. The number of carboxylic acid groups (broad SMARTS) is 2. The number of nitrogens with zero attached hydrogens (tertiary/aromatic N) is 2. The van der Waals surface area contributed by atoms with Crippen LogP contribution in [0.25, 0.3) is 0 Å². The Morgan fingerprint density at radius 3 is 2.35 bits per heavy atom. The summed E-state index contributed by atoms with van der Waals surface area (Å²) < 4.78 is 0.500. The number of aromatic carboxylic acids is 1. The fourth-order valence-electron chi connectivity index (χ4n) is 2.43. The summed E-state index contributed by atoms with van der Waals surface area (Å²) in [6, 6.07) is 8.30.